The van der Waals surface area contributed by atoms with Gasteiger partial charge < -0.3 is 13.7 Å². The van der Waals surface area contributed by atoms with Crippen LogP contribution in [0.5, 0.6) is 0 Å². The van der Waals surface area contributed by atoms with Crippen LogP contribution in [-0.4, -0.2) is 10.8 Å². The number of carbonyl (C=O) groups excluding carboxylic acids is 1. The maximum Gasteiger partial charge on any atom is 0.290 e. The van der Waals surface area contributed by atoms with E-state index in [0.29, 0.717) is 18.8 Å². The van der Waals surface area contributed by atoms with Gasteiger partial charge in [0.1, 0.15) is 5.76 Å². The first-order chi connectivity index (χ1) is 10.2. The Labute approximate surface area is 126 Å². The Morgan fingerprint density at radius 3 is 2.57 bits per heavy atom. The van der Waals surface area contributed by atoms with Gasteiger partial charge in [-0.15, -0.1) is 11.3 Å². The van der Waals surface area contributed by atoms with Crippen molar-refractivity contribution < 1.29 is 13.6 Å². The third kappa shape index (κ3) is 3.08. The predicted molar refractivity (Wildman–Crippen MR) is 80.0 cm³/mol. The Morgan fingerprint density at radius 1 is 1.14 bits per heavy atom. The lowest BCUT2D eigenvalue weighted by atomic mass is 10.2. The lowest BCUT2D eigenvalue weighted by molar-refractivity contribution is 0.0687. The van der Waals surface area contributed by atoms with Gasteiger partial charge in [0.2, 0.25) is 0 Å². The second-order valence-electron chi connectivity index (χ2n) is 4.74. The van der Waals surface area contributed by atoms with Crippen molar-refractivity contribution in [2.45, 2.75) is 20.0 Å². The first-order valence-corrected chi connectivity index (χ1v) is 7.50. The quantitative estimate of drug-likeness (QED) is 0.713. The van der Waals surface area contributed by atoms with Gasteiger partial charge >= 0.3 is 0 Å². The first kappa shape index (κ1) is 13.7. The van der Waals surface area contributed by atoms with E-state index in [9.17, 15) is 4.79 Å². The third-order valence-electron chi connectivity index (χ3n) is 3.25. The summed E-state index contributed by atoms with van der Waals surface area (Å²) in [6.07, 6.45) is 3.12. The number of nitrogens with zero attached hydrogens (tertiary/aromatic N) is 1. The van der Waals surface area contributed by atoms with E-state index in [4.69, 9.17) is 8.83 Å². The molecule has 3 aromatic rings. The summed E-state index contributed by atoms with van der Waals surface area (Å²) in [6, 6.07) is 9.14. The highest BCUT2D eigenvalue weighted by Gasteiger charge is 2.21. The zero-order valence-electron chi connectivity index (χ0n) is 11.6. The third-order valence-corrected chi connectivity index (χ3v) is 4.26. The Hall–Kier alpha value is -2.27. The number of aryl methyl sites for hydroxylation is 1. The molecule has 0 saturated heterocycles. The topological polar surface area (TPSA) is 46.6 Å². The molecule has 108 valence electrons. The highest BCUT2D eigenvalue weighted by molar-refractivity contribution is 7.10. The Morgan fingerprint density at radius 2 is 1.95 bits per heavy atom. The van der Waals surface area contributed by atoms with Gasteiger partial charge in [-0.05, 0) is 48.2 Å². The second-order valence-corrected chi connectivity index (χ2v) is 5.75. The molecule has 0 atom stereocenters. The molecule has 0 aromatic carbocycles. The SMILES string of the molecule is Cc1ccsc1CN(Cc1ccco1)C(=O)c1ccco1. The van der Waals surface area contributed by atoms with Gasteiger partial charge in [0, 0.05) is 4.88 Å². The van der Waals surface area contributed by atoms with Gasteiger partial charge in [0.25, 0.3) is 5.91 Å². The average molecular weight is 301 g/mol. The van der Waals surface area contributed by atoms with E-state index < -0.39 is 0 Å². The van der Waals surface area contributed by atoms with Crippen molar-refractivity contribution in [3.05, 3.63) is 70.2 Å². The van der Waals surface area contributed by atoms with Gasteiger partial charge in [-0.2, -0.15) is 0 Å². The van der Waals surface area contributed by atoms with Crippen LogP contribution >= 0.6 is 11.3 Å². The van der Waals surface area contributed by atoms with Crippen molar-refractivity contribution in [2.24, 2.45) is 0 Å². The number of furan rings is 2. The molecule has 0 saturated carbocycles. The molecule has 0 spiro atoms. The van der Waals surface area contributed by atoms with Crippen LogP contribution in [0.1, 0.15) is 26.8 Å². The Kier molecular flexibility index (Phi) is 3.92. The maximum atomic E-state index is 12.6. The molecule has 4 nitrogen and oxygen atoms in total. The van der Waals surface area contributed by atoms with Gasteiger partial charge in [0.05, 0.1) is 25.6 Å². The minimum absolute atomic E-state index is 0.135. The number of rotatable bonds is 5. The minimum Gasteiger partial charge on any atom is -0.467 e. The number of amides is 1. The van der Waals surface area contributed by atoms with E-state index in [1.54, 1.807) is 34.6 Å². The van der Waals surface area contributed by atoms with E-state index in [2.05, 4.69) is 6.07 Å². The zero-order valence-corrected chi connectivity index (χ0v) is 12.4. The molecule has 21 heavy (non-hydrogen) atoms. The highest BCUT2D eigenvalue weighted by atomic mass is 32.1. The van der Waals surface area contributed by atoms with Crippen molar-refractivity contribution in [3.63, 3.8) is 0 Å². The van der Waals surface area contributed by atoms with Gasteiger partial charge in [-0.25, -0.2) is 0 Å². The molecule has 0 N–H and O–H groups in total. The summed E-state index contributed by atoms with van der Waals surface area (Å²) in [4.78, 5) is 15.5. The molecule has 0 aliphatic rings. The van der Waals surface area contributed by atoms with E-state index in [-0.39, 0.29) is 5.91 Å². The predicted octanol–water partition coefficient (Wildman–Crippen LogP) is 4.09. The molecular weight excluding hydrogens is 286 g/mol. The van der Waals surface area contributed by atoms with Crippen LogP contribution in [0.15, 0.2) is 57.1 Å². The average Bonchev–Trinajstić information content (AvgIpc) is 3.20. The maximum absolute atomic E-state index is 12.6. The lowest BCUT2D eigenvalue weighted by Gasteiger charge is -2.20. The fourth-order valence-corrected chi connectivity index (χ4v) is 3.01. The van der Waals surface area contributed by atoms with E-state index in [1.165, 1.54) is 16.7 Å². The monoisotopic (exact) mass is 301 g/mol. The van der Waals surface area contributed by atoms with E-state index in [0.717, 1.165) is 5.76 Å². The molecule has 3 rings (SSSR count). The van der Waals surface area contributed by atoms with Gasteiger partial charge in [-0.3, -0.25) is 4.79 Å². The fraction of sp³-hybridized carbons (Fsp3) is 0.188. The molecule has 0 aliphatic heterocycles. The van der Waals surface area contributed by atoms with Crippen molar-refractivity contribution >= 4 is 17.2 Å². The lowest BCUT2D eigenvalue weighted by Crippen LogP contribution is -2.29. The highest BCUT2D eigenvalue weighted by Crippen LogP contribution is 2.21. The van der Waals surface area contributed by atoms with Crippen LogP contribution in [0.2, 0.25) is 0 Å². The molecular formula is C16H15NO3S. The van der Waals surface area contributed by atoms with Crippen molar-refractivity contribution in [1.29, 1.82) is 0 Å². The Balaban J connectivity index is 1.83. The molecule has 5 heteroatoms. The molecule has 3 heterocycles. The summed E-state index contributed by atoms with van der Waals surface area (Å²) in [5, 5.41) is 2.03. The summed E-state index contributed by atoms with van der Waals surface area (Å²) in [5.41, 5.74) is 1.19. The second kappa shape index (κ2) is 6.01. The standard InChI is InChI=1S/C16H15NO3S/c1-12-6-9-21-15(12)11-17(10-13-4-2-7-19-13)16(18)14-5-3-8-20-14/h2-9H,10-11H2,1H3. The van der Waals surface area contributed by atoms with Crippen LogP contribution in [0.25, 0.3) is 0 Å². The van der Waals surface area contributed by atoms with Gasteiger partial charge in [-0.1, -0.05) is 0 Å². The molecule has 0 unspecified atom stereocenters. The summed E-state index contributed by atoms with van der Waals surface area (Å²) < 4.78 is 10.6. The largest absolute Gasteiger partial charge is 0.467 e. The zero-order chi connectivity index (χ0) is 14.7. The Bertz CT molecular complexity index is 698. The van der Waals surface area contributed by atoms with Crippen molar-refractivity contribution in [3.8, 4) is 0 Å². The number of thiophene rings is 1. The summed E-state index contributed by atoms with van der Waals surface area (Å²) in [7, 11) is 0. The molecule has 0 bridgehead atoms. The number of hydrogen-bond acceptors (Lipinski definition) is 4. The number of hydrogen-bond donors (Lipinski definition) is 0. The van der Waals surface area contributed by atoms with Crippen LogP contribution in [-0.2, 0) is 13.1 Å². The van der Waals surface area contributed by atoms with Crippen LogP contribution in [0.4, 0.5) is 0 Å². The smallest absolute Gasteiger partial charge is 0.290 e. The van der Waals surface area contributed by atoms with Gasteiger partial charge in [0.15, 0.2) is 5.76 Å². The van der Waals surface area contributed by atoms with Crippen LogP contribution in [0, 0.1) is 6.92 Å². The minimum atomic E-state index is -0.135. The number of carbonyl (C=O) groups is 1. The molecule has 3 aromatic heterocycles. The molecule has 0 radical (unpaired) electrons. The van der Waals surface area contributed by atoms with E-state index >= 15 is 0 Å². The molecule has 0 fully saturated rings. The van der Waals surface area contributed by atoms with E-state index in [1.807, 2.05) is 24.4 Å². The summed E-state index contributed by atoms with van der Waals surface area (Å²) >= 11 is 1.65. The summed E-state index contributed by atoms with van der Waals surface area (Å²) in [6.45, 7) is 3.02. The van der Waals surface area contributed by atoms with Crippen LogP contribution in [0.3, 0.4) is 0 Å². The first-order valence-electron chi connectivity index (χ1n) is 6.62. The van der Waals surface area contributed by atoms with Crippen molar-refractivity contribution in [1.82, 2.24) is 4.90 Å². The molecule has 1 amide bonds. The molecule has 0 aliphatic carbocycles. The fourth-order valence-electron chi connectivity index (χ4n) is 2.09. The normalized spacial score (nSPS) is 10.7. The summed E-state index contributed by atoms with van der Waals surface area (Å²) in [5.74, 6) is 0.962. The van der Waals surface area contributed by atoms with Crippen LogP contribution < -0.4 is 0 Å². The van der Waals surface area contributed by atoms with Crippen molar-refractivity contribution in [2.75, 3.05) is 0 Å².